The number of Topliss-reactive ketones (excluding diaryl/α,β-unsaturated/α-hetero) is 1. The lowest BCUT2D eigenvalue weighted by atomic mass is 9.79. The summed E-state index contributed by atoms with van der Waals surface area (Å²) in [6, 6.07) is 4.31. The number of rotatable bonds is 4. The van der Waals surface area contributed by atoms with E-state index in [4.69, 9.17) is 9.47 Å². The molecular formula is C15H19FO3. The minimum absolute atomic E-state index is 0.0875. The summed E-state index contributed by atoms with van der Waals surface area (Å²) < 4.78 is 24.4. The second-order valence-electron chi connectivity index (χ2n) is 4.93. The third-order valence-corrected chi connectivity index (χ3v) is 3.89. The summed E-state index contributed by atoms with van der Waals surface area (Å²) in [5.74, 6) is -0.398. The lowest BCUT2D eigenvalue weighted by molar-refractivity contribution is -0.0196. The van der Waals surface area contributed by atoms with Gasteiger partial charge in [0, 0.05) is 13.2 Å². The van der Waals surface area contributed by atoms with Crippen LogP contribution in [0.1, 0.15) is 42.5 Å². The maximum Gasteiger partial charge on any atom is 0.197 e. The Balaban J connectivity index is 2.32. The first-order chi connectivity index (χ1) is 9.13. The van der Waals surface area contributed by atoms with E-state index < -0.39 is 11.4 Å². The van der Waals surface area contributed by atoms with Gasteiger partial charge in [-0.1, -0.05) is 19.3 Å². The molecule has 0 amide bonds. The Hall–Kier alpha value is -1.42. The summed E-state index contributed by atoms with van der Waals surface area (Å²) in [5.41, 5.74) is -0.766. The van der Waals surface area contributed by atoms with E-state index in [1.165, 1.54) is 26.4 Å². The summed E-state index contributed by atoms with van der Waals surface area (Å²) in [4.78, 5) is 12.6. The number of benzene rings is 1. The van der Waals surface area contributed by atoms with Crippen LogP contribution in [0, 0.1) is 5.82 Å². The van der Waals surface area contributed by atoms with Crippen molar-refractivity contribution in [3.8, 4) is 5.75 Å². The van der Waals surface area contributed by atoms with Crippen molar-refractivity contribution >= 4 is 5.78 Å². The molecule has 1 aliphatic rings. The molecule has 1 aliphatic carbocycles. The van der Waals surface area contributed by atoms with E-state index in [9.17, 15) is 9.18 Å². The van der Waals surface area contributed by atoms with Crippen molar-refractivity contribution in [2.24, 2.45) is 0 Å². The highest BCUT2D eigenvalue weighted by atomic mass is 19.1. The van der Waals surface area contributed by atoms with E-state index >= 15 is 0 Å². The highest BCUT2D eigenvalue weighted by Gasteiger charge is 2.40. The van der Waals surface area contributed by atoms with Gasteiger partial charge < -0.3 is 9.47 Å². The molecule has 0 atom stereocenters. The van der Waals surface area contributed by atoms with Crippen LogP contribution in [0.25, 0.3) is 0 Å². The fourth-order valence-electron chi connectivity index (χ4n) is 2.70. The highest BCUT2D eigenvalue weighted by molar-refractivity contribution is 6.02. The summed E-state index contributed by atoms with van der Waals surface area (Å²) in [6.45, 7) is 0. The number of methoxy groups -OCH3 is 2. The van der Waals surface area contributed by atoms with Crippen molar-refractivity contribution in [2.75, 3.05) is 14.2 Å². The van der Waals surface area contributed by atoms with Gasteiger partial charge >= 0.3 is 0 Å². The minimum atomic E-state index is -0.853. The van der Waals surface area contributed by atoms with Gasteiger partial charge in [0.25, 0.3) is 0 Å². The Morgan fingerprint density at radius 3 is 2.42 bits per heavy atom. The standard InChI is InChI=1S/C15H19FO3/c1-18-11-6-7-12(13(16)10-11)14(17)15(19-2)8-4-3-5-9-15/h6-7,10H,3-5,8-9H2,1-2H3. The molecule has 0 aliphatic heterocycles. The van der Waals surface area contributed by atoms with Crippen LogP contribution in [0.5, 0.6) is 5.75 Å². The number of ketones is 1. The van der Waals surface area contributed by atoms with Crippen LogP contribution in [0.3, 0.4) is 0 Å². The van der Waals surface area contributed by atoms with E-state index in [1.807, 2.05) is 0 Å². The van der Waals surface area contributed by atoms with E-state index in [1.54, 1.807) is 6.07 Å². The van der Waals surface area contributed by atoms with Gasteiger partial charge in [-0.2, -0.15) is 0 Å². The first-order valence-corrected chi connectivity index (χ1v) is 6.56. The molecule has 0 spiro atoms. The molecular weight excluding hydrogens is 247 g/mol. The monoisotopic (exact) mass is 266 g/mol. The zero-order valence-electron chi connectivity index (χ0n) is 11.4. The molecule has 104 valence electrons. The molecule has 1 aromatic rings. The van der Waals surface area contributed by atoms with Gasteiger partial charge in [-0.25, -0.2) is 4.39 Å². The molecule has 0 bridgehead atoms. The van der Waals surface area contributed by atoms with Crippen LogP contribution < -0.4 is 4.74 Å². The molecule has 4 heteroatoms. The normalized spacial score (nSPS) is 18.1. The summed E-state index contributed by atoms with van der Waals surface area (Å²) in [7, 11) is 3.00. The first-order valence-electron chi connectivity index (χ1n) is 6.56. The van der Waals surface area contributed by atoms with Crippen LogP contribution in [0.15, 0.2) is 18.2 Å². The highest BCUT2D eigenvalue weighted by Crippen LogP contribution is 2.35. The van der Waals surface area contributed by atoms with Gasteiger partial charge in [-0.3, -0.25) is 4.79 Å². The Bertz CT molecular complexity index is 464. The van der Waals surface area contributed by atoms with Crippen LogP contribution in [0.4, 0.5) is 4.39 Å². The summed E-state index contributed by atoms with van der Waals surface area (Å²) >= 11 is 0. The van der Waals surface area contributed by atoms with Crippen molar-refractivity contribution in [3.05, 3.63) is 29.6 Å². The third kappa shape index (κ3) is 2.63. The summed E-state index contributed by atoms with van der Waals surface area (Å²) in [6.07, 6.45) is 4.31. The maximum atomic E-state index is 14.0. The topological polar surface area (TPSA) is 35.5 Å². The predicted molar refractivity (Wildman–Crippen MR) is 70.1 cm³/mol. The van der Waals surface area contributed by atoms with Gasteiger partial charge in [-0.05, 0) is 25.0 Å². The van der Waals surface area contributed by atoms with Crippen molar-refractivity contribution < 1.29 is 18.7 Å². The second-order valence-corrected chi connectivity index (χ2v) is 4.93. The quantitative estimate of drug-likeness (QED) is 0.784. The molecule has 1 saturated carbocycles. The molecule has 1 fully saturated rings. The van der Waals surface area contributed by atoms with Crippen molar-refractivity contribution in [2.45, 2.75) is 37.7 Å². The lowest BCUT2D eigenvalue weighted by Crippen LogP contribution is -2.43. The van der Waals surface area contributed by atoms with E-state index in [2.05, 4.69) is 0 Å². The number of hydrogen-bond acceptors (Lipinski definition) is 3. The number of ether oxygens (including phenoxy) is 2. The van der Waals surface area contributed by atoms with E-state index in [0.29, 0.717) is 18.6 Å². The van der Waals surface area contributed by atoms with E-state index in [-0.39, 0.29) is 11.3 Å². The van der Waals surface area contributed by atoms with Crippen LogP contribution in [-0.4, -0.2) is 25.6 Å². The third-order valence-electron chi connectivity index (χ3n) is 3.89. The molecule has 0 heterocycles. The largest absolute Gasteiger partial charge is 0.497 e. The molecule has 1 aromatic carbocycles. The van der Waals surface area contributed by atoms with E-state index in [0.717, 1.165) is 19.3 Å². The first kappa shape index (κ1) is 14.0. The number of hydrogen-bond donors (Lipinski definition) is 0. The Morgan fingerprint density at radius 1 is 1.21 bits per heavy atom. The molecule has 19 heavy (non-hydrogen) atoms. The molecule has 0 unspecified atom stereocenters. The predicted octanol–water partition coefficient (Wildman–Crippen LogP) is 3.37. The zero-order valence-corrected chi connectivity index (χ0v) is 11.4. The van der Waals surface area contributed by atoms with Gasteiger partial charge in [0.1, 0.15) is 17.2 Å². The van der Waals surface area contributed by atoms with Crippen LogP contribution in [-0.2, 0) is 4.74 Å². The fraction of sp³-hybridized carbons (Fsp3) is 0.533. The second kappa shape index (κ2) is 5.70. The Kier molecular flexibility index (Phi) is 4.20. The van der Waals surface area contributed by atoms with Crippen molar-refractivity contribution in [1.29, 1.82) is 0 Å². The average molecular weight is 266 g/mol. The van der Waals surface area contributed by atoms with Gasteiger partial charge in [0.2, 0.25) is 0 Å². The maximum absolute atomic E-state index is 14.0. The molecule has 0 radical (unpaired) electrons. The van der Waals surface area contributed by atoms with Crippen molar-refractivity contribution in [1.82, 2.24) is 0 Å². The number of halogens is 1. The minimum Gasteiger partial charge on any atom is -0.497 e. The zero-order chi connectivity index (χ0) is 13.9. The van der Waals surface area contributed by atoms with Gasteiger partial charge in [-0.15, -0.1) is 0 Å². The summed E-state index contributed by atoms with van der Waals surface area (Å²) in [5, 5.41) is 0. The molecule has 0 aromatic heterocycles. The molecule has 2 rings (SSSR count). The Labute approximate surface area is 112 Å². The van der Waals surface area contributed by atoms with Crippen LogP contribution in [0.2, 0.25) is 0 Å². The number of carbonyl (C=O) groups is 1. The van der Waals surface area contributed by atoms with Crippen molar-refractivity contribution in [3.63, 3.8) is 0 Å². The smallest absolute Gasteiger partial charge is 0.197 e. The average Bonchev–Trinajstić information content (AvgIpc) is 2.47. The van der Waals surface area contributed by atoms with Crippen LogP contribution >= 0.6 is 0 Å². The SMILES string of the molecule is COc1ccc(C(=O)C2(OC)CCCCC2)c(F)c1. The molecule has 0 saturated heterocycles. The molecule has 0 N–H and O–H groups in total. The van der Waals surface area contributed by atoms with Gasteiger partial charge in [0.05, 0.1) is 12.7 Å². The van der Waals surface area contributed by atoms with Gasteiger partial charge in [0.15, 0.2) is 5.78 Å². The molecule has 3 nitrogen and oxygen atoms in total. The number of carbonyl (C=O) groups excluding carboxylic acids is 1. The Morgan fingerprint density at radius 2 is 1.89 bits per heavy atom. The fourth-order valence-corrected chi connectivity index (χ4v) is 2.70. The lowest BCUT2D eigenvalue weighted by Gasteiger charge is -2.34.